The molecule has 0 saturated carbocycles. The van der Waals surface area contributed by atoms with Gasteiger partial charge in [0.25, 0.3) is 0 Å². The monoisotopic (exact) mass is 382 g/mol. The molecule has 3 rings (SSSR count). The topological polar surface area (TPSA) is 60.5 Å². The third kappa shape index (κ3) is 4.65. The second kappa shape index (κ2) is 8.68. The molecule has 0 fully saturated rings. The lowest BCUT2D eigenvalue weighted by Crippen LogP contribution is -2.14. The summed E-state index contributed by atoms with van der Waals surface area (Å²) in [6.45, 7) is 4.48. The van der Waals surface area contributed by atoms with E-state index in [1.165, 1.54) is 11.3 Å². The molecule has 6 heteroatoms. The van der Waals surface area contributed by atoms with Gasteiger partial charge in [0.05, 0.1) is 31.4 Å². The zero-order valence-corrected chi connectivity index (χ0v) is 16.4. The van der Waals surface area contributed by atoms with Crippen molar-refractivity contribution >= 4 is 22.9 Å². The summed E-state index contributed by atoms with van der Waals surface area (Å²) in [6.07, 6.45) is 0.284. The standard InChI is InChI=1S/C21H22N2O3S/c1-4-26-16-11-9-15(10-12-16)23-20(24)13-19-14(2)22-21(27-19)17-7-5-6-8-18(17)25-3/h5-12H,4,13H2,1-3H3,(H,23,24). The molecular formula is C21H22N2O3S. The Hall–Kier alpha value is -2.86. The molecule has 0 atom stereocenters. The van der Waals surface area contributed by atoms with Crippen LogP contribution in [0.1, 0.15) is 17.5 Å². The Morgan fingerprint density at radius 1 is 1.15 bits per heavy atom. The highest BCUT2D eigenvalue weighted by Crippen LogP contribution is 2.34. The number of nitrogens with one attached hydrogen (secondary N) is 1. The van der Waals surface area contributed by atoms with Gasteiger partial charge in [-0.2, -0.15) is 0 Å². The van der Waals surface area contributed by atoms with Gasteiger partial charge in [0, 0.05) is 10.6 Å². The second-order valence-electron chi connectivity index (χ2n) is 5.91. The molecule has 0 saturated heterocycles. The number of amides is 1. The number of aryl methyl sites for hydroxylation is 1. The number of rotatable bonds is 7. The predicted octanol–water partition coefficient (Wildman–Crippen LogP) is 4.71. The first-order valence-corrected chi connectivity index (χ1v) is 9.54. The molecule has 1 N–H and O–H groups in total. The first-order chi connectivity index (χ1) is 13.1. The predicted molar refractivity (Wildman–Crippen MR) is 109 cm³/mol. The highest BCUT2D eigenvalue weighted by molar-refractivity contribution is 7.15. The number of nitrogens with zero attached hydrogens (tertiary/aromatic N) is 1. The zero-order chi connectivity index (χ0) is 19.2. The van der Waals surface area contributed by atoms with Gasteiger partial charge < -0.3 is 14.8 Å². The number of carbonyl (C=O) groups excluding carboxylic acids is 1. The van der Waals surface area contributed by atoms with Crippen molar-refractivity contribution in [3.8, 4) is 22.1 Å². The van der Waals surface area contributed by atoms with Crippen LogP contribution in [0.3, 0.4) is 0 Å². The maximum Gasteiger partial charge on any atom is 0.229 e. The van der Waals surface area contributed by atoms with E-state index in [0.29, 0.717) is 6.61 Å². The van der Waals surface area contributed by atoms with Crippen LogP contribution >= 0.6 is 11.3 Å². The third-order valence-electron chi connectivity index (χ3n) is 4.00. The number of anilines is 1. The minimum atomic E-state index is -0.0718. The number of benzene rings is 2. The van der Waals surface area contributed by atoms with Crippen LogP contribution in [-0.4, -0.2) is 24.6 Å². The van der Waals surface area contributed by atoms with E-state index in [4.69, 9.17) is 9.47 Å². The number of thiazole rings is 1. The summed E-state index contributed by atoms with van der Waals surface area (Å²) < 4.78 is 10.8. The van der Waals surface area contributed by atoms with Crippen molar-refractivity contribution in [2.75, 3.05) is 19.0 Å². The van der Waals surface area contributed by atoms with E-state index in [0.717, 1.165) is 38.3 Å². The number of ether oxygens (including phenoxy) is 2. The van der Waals surface area contributed by atoms with Crippen LogP contribution in [-0.2, 0) is 11.2 Å². The van der Waals surface area contributed by atoms with E-state index in [9.17, 15) is 4.79 Å². The van der Waals surface area contributed by atoms with Gasteiger partial charge >= 0.3 is 0 Å². The SMILES string of the molecule is CCOc1ccc(NC(=O)Cc2sc(-c3ccccc3OC)nc2C)cc1. The molecule has 0 bridgehead atoms. The van der Waals surface area contributed by atoms with Gasteiger partial charge in [-0.15, -0.1) is 11.3 Å². The van der Waals surface area contributed by atoms with E-state index in [1.807, 2.05) is 62.4 Å². The van der Waals surface area contributed by atoms with Crippen LogP contribution in [0.15, 0.2) is 48.5 Å². The minimum absolute atomic E-state index is 0.0718. The molecule has 1 heterocycles. The van der Waals surface area contributed by atoms with Crippen LogP contribution < -0.4 is 14.8 Å². The van der Waals surface area contributed by atoms with Gasteiger partial charge in [-0.25, -0.2) is 4.98 Å². The van der Waals surface area contributed by atoms with Gasteiger partial charge in [-0.05, 0) is 50.2 Å². The number of carbonyl (C=O) groups is 1. The molecule has 1 aromatic heterocycles. The van der Waals surface area contributed by atoms with Crippen molar-refractivity contribution in [3.05, 3.63) is 59.1 Å². The fourth-order valence-corrected chi connectivity index (χ4v) is 3.77. The van der Waals surface area contributed by atoms with Crippen molar-refractivity contribution in [1.29, 1.82) is 0 Å². The lowest BCUT2D eigenvalue weighted by atomic mass is 10.2. The fourth-order valence-electron chi connectivity index (χ4n) is 2.68. The zero-order valence-electron chi connectivity index (χ0n) is 15.6. The van der Waals surface area contributed by atoms with Crippen molar-refractivity contribution in [2.45, 2.75) is 20.3 Å². The molecule has 0 aliphatic rings. The number of hydrogen-bond donors (Lipinski definition) is 1. The van der Waals surface area contributed by atoms with Crippen molar-refractivity contribution in [3.63, 3.8) is 0 Å². The Labute approximate surface area is 163 Å². The molecule has 0 aliphatic heterocycles. The quantitative estimate of drug-likeness (QED) is 0.643. The Bertz CT molecular complexity index is 919. The van der Waals surface area contributed by atoms with E-state index < -0.39 is 0 Å². The fraction of sp³-hybridized carbons (Fsp3) is 0.238. The molecule has 3 aromatic rings. The molecule has 1 amide bonds. The molecule has 0 aliphatic carbocycles. The normalized spacial score (nSPS) is 10.5. The highest BCUT2D eigenvalue weighted by Gasteiger charge is 2.15. The van der Waals surface area contributed by atoms with Gasteiger partial charge in [0.1, 0.15) is 16.5 Å². The number of para-hydroxylation sites is 1. The summed E-state index contributed by atoms with van der Waals surface area (Å²) in [7, 11) is 1.64. The van der Waals surface area contributed by atoms with E-state index in [1.54, 1.807) is 7.11 Å². The van der Waals surface area contributed by atoms with Gasteiger partial charge in [-0.1, -0.05) is 12.1 Å². The Morgan fingerprint density at radius 2 is 1.89 bits per heavy atom. The summed E-state index contributed by atoms with van der Waals surface area (Å²) in [5.41, 5.74) is 2.55. The summed E-state index contributed by atoms with van der Waals surface area (Å²) >= 11 is 1.52. The first kappa shape index (κ1) is 18.9. The molecular weight excluding hydrogens is 360 g/mol. The van der Waals surface area contributed by atoms with Crippen molar-refractivity contribution in [2.24, 2.45) is 0 Å². The third-order valence-corrected chi connectivity index (χ3v) is 5.19. The largest absolute Gasteiger partial charge is 0.496 e. The Morgan fingerprint density at radius 3 is 2.59 bits per heavy atom. The molecule has 27 heavy (non-hydrogen) atoms. The van der Waals surface area contributed by atoms with Gasteiger partial charge in [-0.3, -0.25) is 4.79 Å². The maximum atomic E-state index is 12.4. The lowest BCUT2D eigenvalue weighted by molar-refractivity contribution is -0.115. The van der Waals surface area contributed by atoms with Crippen LogP contribution in [0, 0.1) is 6.92 Å². The molecule has 0 radical (unpaired) electrons. The molecule has 5 nitrogen and oxygen atoms in total. The summed E-state index contributed by atoms with van der Waals surface area (Å²) in [5, 5.41) is 3.77. The summed E-state index contributed by atoms with van der Waals surface area (Å²) in [5.74, 6) is 1.49. The summed E-state index contributed by atoms with van der Waals surface area (Å²) in [4.78, 5) is 18.0. The van der Waals surface area contributed by atoms with Crippen LogP contribution in [0.2, 0.25) is 0 Å². The van der Waals surface area contributed by atoms with Crippen LogP contribution in [0.25, 0.3) is 10.6 Å². The smallest absolute Gasteiger partial charge is 0.229 e. The molecule has 140 valence electrons. The van der Waals surface area contributed by atoms with Crippen LogP contribution in [0.5, 0.6) is 11.5 Å². The molecule has 0 unspecified atom stereocenters. The Balaban J connectivity index is 1.70. The second-order valence-corrected chi connectivity index (χ2v) is 6.99. The number of hydrogen-bond acceptors (Lipinski definition) is 5. The maximum absolute atomic E-state index is 12.4. The lowest BCUT2D eigenvalue weighted by Gasteiger charge is -2.07. The van der Waals surface area contributed by atoms with Crippen molar-refractivity contribution < 1.29 is 14.3 Å². The highest BCUT2D eigenvalue weighted by atomic mass is 32.1. The molecule has 0 spiro atoms. The van der Waals surface area contributed by atoms with Gasteiger partial charge in [0.2, 0.25) is 5.91 Å². The molecule has 2 aromatic carbocycles. The van der Waals surface area contributed by atoms with E-state index >= 15 is 0 Å². The average Bonchev–Trinajstić information content (AvgIpc) is 3.03. The van der Waals surface area contributed by atoms with Crippen molar-refractivity contribution in [1.82, 2.24) is 4.98 Å². The van der Waals surface area contributed by atoms with Gasteiger partial charge in [0.15, 0.2) is 0 Å². The van der Waals surface area contributed by atoms with Crippen LogP contribution in [0.4, 0.5) is 5.69 Å². The Kier molecular flexibility index (Phi) is 6.08. The average molecular weight is 382 g/mol. The first-order valence-electron chi connectivity index (χ1n) is 8.73. The summed E-state index contributed by atoms with van der Waals surface area (Å²) in [6, 6.07) is 15.1. The van der Waals surface area contributed by atoms with E-state index in [2.05, 4.69) is 10.3 Å². The number of methoxy groups -OCH3 is 1. The minimum Gasteiger partial charge on any atom is -0.496 e. The van der Waals surface area contributed by atoms with E-state index in [-0.39, 0.29) is 12.3 Å². The number of aromatic nitrogens is 1.